The maximum Gasteiger partial charge on any atom is 0.422 e. The highest BCUT2D eigenvalue weighted by Crippen LogP contribution is 2.66. The van der Waals surface area contributed by atoms with E-state index in [2.05, 4.69) is 19.7 Å². The average molecular weight is 566 g/mol. The fourth-order valence-corrected chi connectivity index (χ4v) is 6.90. The van der Waals surface area contributed by atoms with Gasteiger partial charge in [0.05, 0.1) is 17.9 Å². The van der Waals surface area contributed by atoms with E-state index < -0.39 is 34.7 Å². The van der Waals surface area contributed by atoms with Gasteiger partial charge in [0.25, 0.3) is 0 Å². The van der Waals surface area contributed by atoms with E-state index in [4.69, 9.17) is 5.73 Å². The van der Waals surface area contributed by atoms with Gasteiger partial charge < -0.3 is 15.4 Å². The van der Waals surface area contributed by atoms with Crippen LogP contribution in [0.1, 0.15) is 54.2 Å². The standard InChI is InChI=1S/C26H27F4N5O3S/c1-24(20-11-25(20,39-23(31)34-24)22(37)35-7-3-2-4-8-35)16-9-15(5-6-17(16)27)10-19(36)18-12-33-21(13-32-18)38-14-26(28,29)30/h5-6,9,12-13,20H,2-4,7-8,10-11,14H2,1H3,(H2,31,34)/t20-,24+,25-/m0/s1. The molecule has 3 heterocycles. The SMILES string of the molecule is C[C@]1(c2cc(CC(=O)c3cnc(OCC(F)(F)F)cn3)ccc2F)N=C(N)S[C@@]2(C(=O)N3CCCCC3)C[C@H]21. The van der Waals surface area contributed by atoms with Crippen molar-refractivity contribution in [3.05, 3.63) is 53.2 Å². The van der Waals surface area contributed by atoms with Crippen molar-refractivity contribution < 1.29 is 31.9 Å². The molecule has 2 fully saturated rings. The molecule has 1 aromatic carbocycles. The first-order chi connectivity index (χ1) is 18.4. The molecule has 13 heteroatoms. The molecule has 3 aliphatic rings. The van der Waals surface area contributed by atoms with Gasteiger partial charge in [-0.2, -0.15) is 13.2 Å². The predicted molar refractivity (Wildman–Crippen MR) is 136 cm³/mol. The number of likely N-dealkylation sites (tertiary alicyclic amines) is 1. The molecule has 208 valence electrons. The Morgan fingerprint density at radius 1 is 1.18 bits per heavy atom. The van der Waals surface area contributed by atoms with Crippen molar-refractivity contribution in [2.45, 2.75) is 55.5 Å². The van der Waals surface area contributed by atoms with E-state index in [9.17, 15) is 22.8 Å². The van der Waals surface area contributed by atoms with Gasteiger partial charge in [0.1, 0.15) is 16.3 Å². The van der Waals surface area contributed by atoms with Gasteiger partial charge >= 0.3 is 6.18 Å². The number of rotatable bonds is 7. The maximum absolute atomic E-state index is 15.2. The second-order valence-corrected chi connectivity index (χ2v) is 11.6. The number of nitrogens with zero attached hydrogens (tertiary/aromatic N) is 4. The zero-order chi connectivity index (χ0) is 28.0. The van der Waals surface area contributed by atoms with Crippen LogP contribution in [0.5, 0.6) is 5.88 Å². The third kappa shape index (κ3) is 5.45. The fraction of sp³-hybridized carbons (Fsp3) is 0.500. The molecule has 0 spiro atoms. The van der Waals surface area contributed by atoms with Crippen LogP contribution < -0.4 is 10.5 Å². The molecule has 0 unspecified atom stereocenters. The number of hydrogen-bond acceptors (Lipinski definition) is 8. The van der Waals surface area contributed by atoms with Gasteiger partial charge in [-0.25, -0.2) is 14.4 Å². The van der Waals surface area contributed by atoms with Crippen molar-refractivity contribution in [3.63, 3.8) is 0 Å². The molecule has 3 atom stereocenters. The minimum absolute atomic E-state index is 0.0225. The smallest absolute Gasteiger partial charge is 0.422 e. The lowest BCUT2D eigenvalue weighted by Crippen LogP contribution is -2.47. The van der Waals surface area contributed by atoms with E-state index in [-0.39, 0.29) is 40.6 Å². The number of Topliss-reactive ketones (excluding diaryl/α,β-unsaturated/α-hetero) is 1. The van der Waals surface area contributed by atoms with Gasteiger partial charge in [-0.3, -0.25) is 14.6 Å². The van der Waals surface area contributed by atoms with E-state index in [1.807, 2.05) is 4.90 Å². The Balaban J connectivity index is 1.34. The lowest BCUT2D eigenvalue weighted by molar-refractivity contribution is -0.154. The van der Waals surface area contributed by atoms with E-state index in [1.54, 1.807) is 13.0 Å². The van der Waals surface area contributed by atoms with Crippen LogP contribution in [0.15, 0.2) is 35.6 Å². The fourth-order valence-electron chi connectivity index (χ4n) is 5.46. The van der Waals surface area contributed by atoms with E-state index in [1.165, 1.54) is 23.9 Å². The van der Waals surface area contributed by atoms with Crippen LogP contribution in [0.4, 0.5) is 17.6 Å². The number of thioether (sulfide) groups is 1. The molecule has 5 rings (SSSR count). The Kier molecular flexibility index (Phi) is 7.06. The van der Waals surface area contributed by atoms with Gasteiger partial charge in [0.2, 0.25) is 11.8 Å². The lowest BCUT2D eigenvalue weighted by atomic mass is 9.84. The first-order valence-electron chi connectivity index (χ1n) is 12.6. The summed E-state index contributed by atoms with van der Waals surface area (Å²) in [5.74, 6) is -1.58. The summed E-state index contributed by atoms with van der Waals surface area (Å²) in [6.45, 7) is 1.64. The number of amidine groups is 1. The Morgan fingerprint density at radius 2 is 1.92 bits per heavy atom. The number of ether oxygens (including phenoxy) is 1. The number of carbonyl (C=O) groups excluding carboxylic acids is 2. The largest absolute Gasteiger partial charge is 0.467 e. The average Bonchev–Trinajstić information content (AvgIpc) is 3.65. The summed E-state index contributed by atoms with van der Waals surface area (Å²) < 4.78 is 55.9. The van der Waals surface area contributed by atoms with E-state index in [0.717, 1.165) is 31.7 Å². The van der Waals surface area contributed by atoms with Crippen LogP contribution >= 0.6 is 11.8 Å². The van der Waals surface area contributed by atoms with Crippen LogP contribution in [0.2, 0.25) is 0 Å². The molecule has 8 nitrogen and oxygen atoms in total. The molecule has 0 radical (unpaired) electrons. The molecular weight excluding hydrogens is 538 g/mol. The summed E-state index contributed by atoms with van der Waals surface area (Å²) in [4.78, 5) is 40.4. The number of alkyl halides is 3. The number of aromatic nitrogens is 2. The quantitative estimate of drug-likeness (QED) is 0.399. The van der Waals surface area contributed by atoms with Gasteiger partial charge in [-0.05, 0) is 50.3 Å². The summed E-state index contributed by atoms with van der Waals surface area (Å²) in [6, 6.07) is 4.29. The first kappa shape index (κ1) is 27.4. The minimum Gasteiger partial charge on any atom is -0.467 e. The number of halogens is 4. The molecule has 1 amide bonds. The van der Waals surface area contributed by atoms with Gasteiger partial charge in [-0.1, -0.05) is 17.8 Å². The summed E-state index contributed by atoms with van der Waals surface area (Å²) >= 11 is 1.26. The van der Waals surface area contributed by atoms with Crippen molar-refractivity contribution in [2.75, 3.05) is 19.7 Å². The molecule has 2 aromatic rings. The number of benzene rings is 1. The van der Waals surface area contributed by atoms with Crippen molar-refractivity contribution in [2.24, 2.45) is 16.6 Å². The van der Waals surface area contributed by atoms with Crippen LogP contribution in [0.3, 0.4) is 0 Å². The number of fused-ring (bicyclic) bond motifs is 1. The van der Waals surface area contributed by atoms with Crippen molar-refractivity contribution in [1.29, 1.82) is 0 Å². The minimum atomic E-state index is -4.53. The van der Waals surface area contributed by atoms with Crippen LogP contribution in [-0.2, 0) is 16.8 Å². The summed E-state index contributed by atoms with van der Waals surface area (Å²) in [5, 5.41) is 0.223. The Morgan fingerprint density at radius 3 is 2.59 bits per heavy atom. The van der Waals surface area contributed by atoms with Crippen molar-refractivity contribution >= 4 is 28.6 Å². The van der Waals surface area contributed by atoms with Crippen LogP contribution in [0.25, 0.3) is 0 Å². The summed E-state index contributed by atoms with van der Waals surface area (Å²) in [6.07, 6.45) is 0.818. The van der Waals surface area contributed by atoms with Crippen molar-refractivity contribution in [1.82, 2.24) is 14.9 Å². The van der Waals surface area contributed by atoms with Crippen LogP contribution in [0, 0.1) is 11.7 Å². The molecular formula is C26H27F4N5O3S. The molecule has 39 heavy (non-hydrogen) atoms. The second kappa shape index (κ2) is 10.1. The molecule has 2 aliphatic heterocycles. The normalized spacial score (nSPS) is 26.4. The maximum atomic E-state index is 15.2. The van der Waals surface area contributed by atoms with Gasteiger partial charge in [-0.15, -0.1) is 0 Å². The molecule has 1 saturated carbocycles. The third-order valence-corrected chi connectivity index (χ3v) is 8.75. The highest BCUT2D eigenvalue weighted by Gasteiger charge is 2.71. The zero-order valence-electron chi connectivity index (χ0n) is 21.1. The number of hydrogen-bond donors (Lipinski definition) is 1. The van der Waals surface area contributed by atoms with Crippen LogP contribution in [-0.4, -0.2) is 62.3 Å². The van der Waals surface area contributed by atoms with Crippen molar-refractivity contribution in [3.8, 4) is 5.88 Å². The number of nitrogens with two attached hydrogens (primary N) is 1. The first-order valence-corrected chi connectivity index (χ1v) is 13.4. The summed E-state index contributed by atoms with van der Waals surface area (Å²) in [5.41, 5.74) is 5.76. The van der Waals surface area contributed by atoms with Gasteiger partial charge in [0, 0.05) is 31.0 Å². The Bertz CT molecular complexity index is 1320. The number of carbonyl (C=O) groups is 2. The molecule has 1 aliphatic carbocycles. The zero-order valence-corrected chi connectivity index (χ0v) is 21.9. The number of amides is 1. The van der Waals surface area contributed by atoms with Gasteiger partial charge in [0.15, 0.2) is 17.6 Å². The van der Waals surface area contributed by atoms with E-state index >= 15 is 4.39 Å². The Labute approximate surface area is 226 Å². The third-order valence-electron chi connectivity index (χ3n) is 7.46. The highest BCUT2D eigenvalue weighted by atomic mass is 32.2. The van der Waals surface area contributed by atoms with E-state index in [0.29, 0.717) is 25.1 Å². The second-order valence-electron chi connectivity index (χ2n) is 10.3. The summed E-state index contributed by atoms with van der Waals surface area (Å²) in [7, 11) is 0. The molecule has 1 aromatic heterocycles. The number of piperidine rings is 1. The Hall–Kier alpha value is -3.22. The molecule has 2 N–H and O–H groups in total. The number of aliphatic imine (C=N–C) groups is 1. The predicted octanol–water partition coefficient (Wildman–Crippen LogP) is 4.03. The molecule has 0 bridgehead atoms. The molecule has 1 saturated heterocycles. The lowest BCUT2D eigenvalue weighted by Gasteiger charge is -2.37. The number of ketones is 1. The highest BCUT2D eigenvalue weighted by molar-refractivity contribution is 8.15. The topological polar surface area (TPSA) is 111 Å². The monoisotopic (exact) mass is 565 g/mol.